The number of hydrogen-bond acceptors (Lipinski definition) is 5. The normalized spacial score (nSPS) is 17.9. The van der Waals surface area contributed by atoms with Gasteiger partial charge in [-0.25, -0.2) is 17.8 Å². The number of sulfonamides is 1. The monoisotopic (exact) mass is 447 g/mol. The lowest BCUT2D eigenvalue weighted by atomic mass is 9.99. The molecule has 2 aromatic carbocycles. The number of rotatable bonds is 4. The summed E-state index contributed by atoms with van der Waals surface area (Å²) in [6, 6.07) is 8.79. The zero-order valence-electron chi connectivity index (χ0n) is 16.7. The molecule has 30 heavy (non-hydrogen) atoms. The van der Waals surface area contributed by atoms with E-state index in [-0.39, 0.29) is 17.3 Å². The number of amides is 1. The van der Waals surface area contributed by atoms with Crippen molar-refractivity contribution < 1.29 is 17.6 Å². The van der Waals surface area contributed by atoms with Gasteiger partial charge >= 0.3 is 0 Å². The van der Waals surface area contributed by atoms with E-state index in [1.807, 2.05) is 19.9 Å². The first-order valence-electron chi connectivity index (χ1n) is 9.68. The summed E-state index contributed by atoms with van der Waals surface area (Å²) in [5.74, 6) is -1.20. The SMILES string of the molecule is Cc1cc2nc(NC(=O)C3CCCN(S(=O)(=O)c4ccc(F)cc4)C3)sc2cc1C. The van der Waals surface area contributed by atoms with E-state index in [4.69, 9.17) is 0 Å². The van der Waals surface area contributed by atoms with Gasteiger partial charge in [0.1, 0.15) is 5.82 Å². The van der Waals surface area contributed by atoms with Gasteiger partial charge < -0.3 is 5.32 Å². The van der Waals surface area contributed by atoms with Crippen molar-refractivity contribution in [2.24, 2.45) is 5.92 Å². The number of aromatic nitrogens is 1. The van der Waals surface area contributed by atoms with E-state index in [0.29, 0.717) is 24.5 Å². The van der Waals surface area contributed by atoms with Crippen molar-refractivity contribution in [3.05, 3.63) is 53.3 Å². The lowest BCUT2D eigenvalue weighted by Crippen LogP contribution is -2.43. The van der Waals surface area contributed by atoms with Crippen molar-refractivity contribution in [2.75, 3.05) is 18.4 Å². The Kier molecular flexibility index (Phi) is 5.61. The van der Waals surface area contributed by atoms with Crippen LogP contribution in [0.4, 0.5) is 9.52 Å². The minimum Gasteiger partial charge on any atom is -0.302 e. The van der Waals surface area contributed by atoms with Gasteiger partial charge in [0.25, 0.3) is 0 Å². The van der Waals surface area contributed by atoms with Gasteiger partial charge in [0, 0.05) is 13.1 Å². The summed E-state index contributed by atoms with van der Waals surface area (Å²) in [4.78, 5) is 17.3. The minimum atomic E-state index is -3.77. The number of fused-ring (bicyclic) bond motifs is 1. The maximum atomic E-state index is 13.1. The molecule has 1 aromatic heterocycles. The second-order valence-electron chi connectivity index (χ2n) is 7.57. The van der Waals surface area contributed by atoms with Crippen molar-refractivity contribution in [1.82, 2.24) is 9.29 Å². The summed E-state index contributed by atoms with van der Waals surface area (Å²) in [7, 11) is -3.77. The molecule has 9 heteroatoms. The number of piperidine rings is 1. The highest BCUT2D eigenvalue weighted by atomic mass is 32.2. The molecule has 1 N–H and O–H groups in total. The number of nitrogens with one attached hydrogen (secondary N) is 1. The molecule has 0 saturated carbocycles. The standard InChI is InChI=1S/C21H22FN3O3S2/c1-13-10-18-19(11-14(13)2)29-21(23-18)24-20(26)15-4-3-9-25(12-15)30(27,28)17-7-5-16(22)6-8-17/h5-8,10-11,15H,3-4,9,12H2,1-2H3,(H,23,24,26). The predicted molar refractivity (Wildman–Crippen MR) is 116 cm³/mol. The lowest BCUT2D eigenvalue weighted by Gasteiger charge is -2.31. The topological polar surface area (TPSA) is 79.4 Å². The molecule has 1 aliphatic rings. The van der Waals surface area contributed by atoms with Crippen LogP contribution in [-0.4, -0.2) is 36.7 Å². The highest BCUT2D eigenvalue weighted by Gasteiger charge is 2.33. The third-order valence-electron chi connectivity index (χ3n) is 5.44. The fourth-order valence-electron chi connectivity index (χ4n) is 3.57. The van der Waals surface area contributed by atoms with Gasteiger partial charge in [-0.05, 0) is 74.2 Å². The molecule has 1 aliphatic heterocycles. The Hall–Kier alpha value is -2.36. The molecular formula is C21H22FN3O3S2. The number of aryl methyl sites for hydroxylation is 2. The third-order valence-corrected chi connectivity index (χ3v) is 8.25. The van der Waals surface area contributed by atoms with Crippen molar-refractivity contribution in [2.45, 2.75) is 31.6 Å². The summed E-state index contributed by atoms with van der Waals surface area (Å²) in [5, 5.41) is 3.37. The van der Waals surface area contributed by atoms with Crippen LogP contribution in [0.2, 0.25) is 0 Å². The van der Waals surface area contributed by atoms with E-state index < -0.39 is 21.8 Å². The van der Waals surface area contributed by atoms with Crippen LogP contribution in [0.1, 0.15) is 24.0 Å². The molecule has 1 saturated heterocycles. The number of carbonyl (C=O) groups excluding carboxylic acids is 1. The van der Waals surface area contributed by atoms with Crippen LogP contribution in [0.25, 0.3) is 10.2 Å². The fraction of sp³-hybridized carbons (Fsp3) is 0.333. The smallest absolute Gasteiger partial charge is 0.243 e. The number of halogens is 1. The molecule has 4 rings (SSSR count). The zero-order chi connectivity index (χ0) is 21.5. The van der Waals surface area contributed by atoms with Crippen LogP contribution in [0.5, 0.6) is 0 Å². The summed E-state index contributed by atoms with van der Waals surface area (Å²) < 4.78 is 41.2. The zero-order valence-corrected chi connectivity index (χ0v) is 18.3. The average molecular weight is 448 g/mol. The predicted octanol–water partition coefficient (Wildman–Crippen LogP) is 4.09. The Morgan fingerprint density at radius 1 is 1.20 bits per heavy atom. The fourth-order valence-corrected chi connectivity index (χ4v) is 6.04. The van der Waals surface area contributed by atoms with E-state index in [0.717, 1.165) is 33.5 Å². The van der Waals surface area contributed by atoms with E-state index >= 15 is 0 Å². The van der Waals surface area contributed by atoms with Crippen LogP contribution in [-0.2, 0) is 14.8 Å². The third kappa shape index (κ3) is 4.10. The molecule has 1 atom stereocenters. The van der Waals surface area contributed by atoms with E-state index in [1.54, 1.807) is 0 Å². The molecule has 0 radical (unpaired) electrons. The first-order chi connectivity index (χ1) is 14.2. The average Bonchev–Trinajstić information content (AvgIpc) is 3.09. The Morgan fingerprint density at radius 3 is 2.63 bits per heavy atom. The van der Waals surface area contributed by atoms with Gasteiger partial charge in [-0.3, -0.25) is 4.79 Å². The van der Waals surface area contributed by atoms with Crippen molar-refractivity contribution in [3.63, 3.8) is 0 Å². The van der Waals surface area contributed by atoms with E-state index in [9.17, 15) is 17.6 Å². The molecule has 1 unspecified atom stereocenters. The van der Waals surface area contributed by atoms with Gasteiger partial charge in [-0.2, -0.15) is 4.31 Å². The maximum absolute atomic E-state index is 13.1. The van der Waals surface area contributed by atoms with Crippen LogP contribution in [0.3, 0.4) is 0 Å². The Labute approximate surface area is 178 Å². The van der Waals surface area contributed by atoms with Gasteiger partial charge in [0.15, 0.2) is 5.13 Å². The molecule has 0 bridgehead atoms. The molecule has 158 valence electrons. The van der Waals surface area contributed by atoms with E-state index in [1.165, 1.54) is 27.8 Å². The number of thiazole rings is 1. The molecular weight excluding hydrogens is 425 g/mol. The van der Waals surface area contributed by atoms with Crippen molar-refractivity contribution in [3.8, 4) is 0 Å². The molecule has 3 aromatic rings. The van der Waals surface area contributed by atoms with Crippen molar-refractivity contribution >= 4 is 42.6 Å². The number of hydrogen-bond donors (Lipinski definition) is 1. The Balaban J connectivity index is 1.49. The summed E-state index contributed by atoms with van der Waals surface area (Å²) in [6.07, 6.45) is 1.18. The number of anilines is 1. The molecule has 6 nitrogen and oxygen atoms in total. The Morgan fingerprint density at radius 2 is 1.90 bits per heavy atom. The molecule has 1 fully saturated rings. The lowest BCUT2D eigenvalue weighted by molar-refractivity contribution is -0.120. The first kappa shape index (κ1) is 20.9. The van der Waals surface area contributed by atoms with Crippen LogP contribution in [0, 0.1) is 25.6 Å². The quantitative estimate of drug-likeness (QED) is 0.653. The van der Waals surface area contributed by atoms with Gasteiger partial charge in [-0.15, -0.1) is 0 Å². The first-order valence-corrected chi connectivity index (χ1v) is 11.9. The number of benzene rings is 2. The van der Waals surface area contributed by atoms with Crippen molar-refractivity contribution in [1.29, 1.82) is 0 Å². The maximum Gasteiger partial charge on any atom is 0.243 e. The summed E-state index contributed by atoms with van der Waals surface area (Å²) in [5.41, 5.74) is 3.14. The minimum absolute atomic E-state index is 0.0295. The van der Waals surface area contributed by atoms with Gasteiger partial charge in [-0.1, -0.05) is 11.3 Å². The molecule has 1 amide bonds. The van der Waals surface area contributed by atoms with Crippen LogP contribution in [0.15, 0.2) is 41.3 Å². The largest absolute Gasteiger partial charge is 0.302 e. The van der Waals surface area contributed by atoms with Gasteiger partial charge in [0.05, 0.1) is 21.0 Å². The highest BCUT2D eigenvalue weighted by molar-refractivity contribution is 7.89. The van der Waals surface area contributed by atoms with Crippen LogP contribution < -0.4 is 5.32 Å². The second-order valence-corrected chi connectivity index (χ2v) is 10.5. The molecule has 2 heterocycles. The van der Waals surface area contributed by atoms with Crippen LogP contribution >= 0.6 is 11.3 Å². The Bertz CT molecular complexity index is 1170. The number of carbonyl (C=O) groups is 1. The second kappa shape index (κ2) is 8.05. The molecule has 0 spiro atoms. The summed E-state index contributed by atoms with van der Waals surface area (Å²) >= 11 is 1.41. The number of nitrogens with zero attached hydrogens (tertiary/aromatic N) is 2. The highest BCUT2D eigenvalue weighted by Crippen LogP contribution is 2.30. The molecule has 0 aliphatic carbocycles. The summed E-state index contributed by atoms with van der Waals surface area (Å²) in [6.45, 7) is 4.48. The van der Waals surface area contributed by atoms with E-state index in [2.05, 4.69) is 16.4 Å². The van der Waals surface area contributed by atoms with Gasteiger partial charge in [0.2, 0.25) is 15.9 Å².